The molecular formula is C25H28IrNO2-. The molecule has 3 rings (SSSR count). The molecule has 0 unspecified atom stereocenters. The van der Waals surface area contributed by atoms with Crippen LogP contribution in [0.1, 0.15) is 41.7 Å². The van der Waals surface area contributed by atoms with E-state index in [1.807, 2.05) is 0 Å². The fraction of sp³-hybridized carbons (Fsp3) is 0.280. The van der Waals surface area contributed by atoms with Crippen molar-refractivity contribution in [3.8, 4) is 11.3 Å². The summed E-state index contributed by atoms with van der Waals surface area (Å²) in [6.45, 7) is 13.5. The van der Waals surface area contributed by atoms with Crippen LogP contribution in [0.15, 0.2) is 42.2 Å². The Hall–Kier alpha value is -2.29. The van der Waals surface area contributed by atoms with Gasteiger partial charge in [-0.15, -0.1) is 34.4 Å². The van der Waals surface area contributed by atoms with Crippen LogP contribution in [0.2, 0.25) is 0 Å². The monoisotopic (exact) mass is 567 g/mol. The topological polar surface area (TPSA) is 50.2 Å². The number of carbonyl (C=O) groups excluding carboxylic acids is 1. The van der Waals surface area contributed by atoms with E-state index in [2.05, 4.69) is 71.0 Å². The number of rotatable bonds is 2. The van der Waals surface area contributed by atoms with E-state index in [4.69, 9.17) is 10.1 Å². The fourth-order valence-electron chi connectivity index (χ4n) is 3.14. The van der Waals surface area contributed by atoms with Gasteiger partial charge in [0.25, 0.3) is 0 Å². The summed E-state index contributed by atoms with van der Waals surface area (Å²) in [5, 5.41) is 9.57. The van der Waals surface area contributed by atoms with E-state index in [9.17, 15) is 4.79 Å². The first-order chi connectivity index (χ1) is 13.1. The number of ketones is 1. The van der Waals surface area contributed by atoms with Crippen LogP contribution in [0.5, 0.6) is 0 Å². The quantitative estimate of drug-likeness (QED) is 0.226. The molecule has 0 spiro atoms. The third-order valence-electron chi connectivity index (χ3n) is 4.53. The van der Waals surface area contributed by atoms with Crippen molar-refractivity contribution in [3.63, 3.8) is 0 Å². The minimum atomic E-state index is -0.125. The fourth-order valence-corrected chi connectivity index (χ4v) is 3.14. The number of hydrogen-bond acceptors (Lipinski definition) is 3. The third kappa shape index (κ3) is 6.62. The number of carbonyl (C=O) groups is 1. The largest absolute Gasteiger partial charge is 0.512 e. The Morgan fingerprint density at radius 1 is 1.00 bits per heavy atom. The van der Waals surface area contributed by atoms with Crippen molar-refractivity contribution in [2.24, 2.45) is 0 Å². The van der Waals surface area contributed by atoms with Crippen LogP contribution < -0.4 is 0 Å². The van der Waals surface area contributed by atoms with Crippen LogP contribution in [-0.2, 0) is 24.9 Å². The van der Waals surface area contributed by atoms with E-state index in [1.165, 1.54) is 53.1 Å². The minimum Gasteiger partial charge on any atom is -0.512 e. The molecule has 4 heteroatoms. The van der Waals surface area contributed by atoms with Gasteiger partial charge >= 0.3 is 0 Å². The molecule has 0 bridgehead atoms. The summed E-state index contributed by atoms with van der Waals surface area (Å²) in [7, 11) is 0. The number of nitrogens with zero attached hydrogens (tertiary/aromatic N) is 1. The number of aromatic nitrogens is 1. The number of allylic oxidation sites excluding steroid dienone is 2. The van der Waals surface area contributed by atoms with Crippen LogP contribution in [0.3, 0.4) is 0 Å². The van der Waals surface area contributed by atoms with Crippen molar-refractivity contribution in [2.45, 2.75) is 48.5 Å². The molecule has 1 aromatic heterocycles. The van der Waals surface area contributed by atoms with E-state index < -0.39 is 0 Å². The molecule has 0 saturated heterocycles. The van der Waals surface area contributed by atoms with E-state index in [1.54, 1.807) is 0 Å². The molecule has 1 heterocycles. The van der Waals surface area contributed by atoms with Gasteiger partial charge in [0.15, 0.2) is 5.78 Å². The Balaban J connectivity index is 0.000000456. The van der Waals surface area contributed by atoms with Crippen LogP contribution in [-0.4, -0.2) is 15.9 Å². The third-order valence-corrected chi connectivity index (χ3v) is 4.53. The van der Waals surface area contributed by atoms with Gasteiger partial charge in [-0.05, 0) is 50.9 Å². The zero-order valence-corrected chi connectivity index (χ0v) is 20.5. The molecule has 0 aliphatic heterocycles. The molecule has 0 atom stereocenters. The van der Waals surface area contributed by atoms with Crippen molar-refractivity contribution in [1.29, 1.82) is 0 Å². The van der Waals surface area contributed by atoms with Gasteiger partial charge in [-0.25, -0.2) is 0 Å². The second-order valence-electron chi connectivity index (χ2n) is 7.38. The Labute approximate surface area is 187 Å². The van der Waals surface area contributed by atoms with Crippen LogP contribution >= 0.6 is 0 Å². The number of aliphatic hydroxyl groups excluding tert-OH is 1. The van der Waals surface area contributed by atoms with E-state index in [0.29, 0.717) is 0 Å². The molecule has 0 amide bonds. The molecule has 3 nitrogen and oxygen atoms in total. The van der Waals surface area contributed by atoms with Gasteiger partial charge in [-0.1, -0.05) is 44.0 Å². The van der Waals surface area contributed by atoms with Crippen molar-refractivity contribution in [1.82, 2.24) is 4.98 Å². The summed E-state index contributed by atoms with van der Waals surface area (Å²) in [6.07, 6.45) is 1.17. The van der Waals surface area contributed by atoms with Gasteiger partial charge in [0.2, 0.25) is 0 Å². The summed E-state index contributed by atoms with van der Waals surface area (Å²) in [5.74, 6) is -0.0625. The van der Waals surface area contributed by atoms with Gasteiger partial charge in [-0.2, -0.15) is 0 Å². The van der Waals surface area contributed by atoms with Crippen molar-refractivity contribution in [2.75, 3.05) is 0 Å². The first kappa shape index (κ1) is 24.7. The molecule has 1 N–H and O–H groups in total. The van der Waals surface area contributed by atoms with E-state index in [-0.39, 0.29) is 31.6 Å². The summed E-state index contributed by atoms with van der Waals surface area (Å²) < 4.78 is 0. The second-order valence-corrected chi connectivity index (χ2v) is 7.38. The SMILES string of the molecule is CC(=O)/C=C(/C)O.Cc1[c-]c(-c2nc3ccc(C)cc3cc2C)c(C)c(C)c1.[Ir]. The predicted molar refractivity (Wildman–Crippen MR) is 117 cm³/mol. The smallest absolute Gasteiger partial charge is 0.155 e. The maximum Gasteiger partial charge on any atom is 0.155 e. The summed E-state index contributed by atoms with van der Waals surface area (Å²) >= 11 is 0. The predicted octanol–water partition coefficient (Wildman–Crippen LogP) is 6.28. The van der Waals surface area contributed by atoms with Crippen LogP contribution in [0.25, 0.3) is 22.2 Å². The van der Waals surface area contributed by atoms with Crippen LogP contribution in [0.4, 0.5) is 0 Å². The van der Waals surface area contributed by atoms with Crippen LogP contribution in [0, 0.1) is 40.7 Å². The maximum atomic E-state index is 10.0. The van der Waals surface area contributed by atoms with Gasteiger partial charge in [-0.3, -0.25) is 9.78 Å². The Kier molecular flexibility index (Phi) is 8.94. The maximum absolute atomic E-state index is 10.0. The zero-order chi connectivity index (χ0) is 21.0. The minimum absolute atomic E-state index is 0. The standard InChI is InChI=1S/C20H20N.C5H8O2.Ir/c1-12-6-7-19-17(9-12)11-15(4)20(21-19)18-10-13(2)8-14(3)16(18)5;1-4(6)3-5(2)7;/h6-9,11H,1-5H3;3,6H,1-2H3;/q-1;;/b;4-3-;. The van der Waals surface area contributed by atoms with Crippen molar-refractivity contribution >= 4 is 16.7 Å². The molecule has 0 saturated carbocycles. The van der Waals surface area contributed by atoms with Gasteiger partial charge < -0.3 is 5.11 Å². The normalized spacial score (nSPS) is 10.8. The summed E-state index contributed by atoms with van der Waals surface area (Å²) in [6, 6.07) is 14.3. The number of hydrogen-bond donors (Lipinski definition) is 1. The van der Waals surface area contributed by atoms with Crippen molar-refractivity contribution < 1.29 is 30.0 Å². The molecular weight excluding hydrogens is 538 g/mol. The molecule has 0 aliphatic carbocycles. The Morgan fingerprint density at radius 3 is 2.21 bits per heavy atom. The average molecular weight is 567 g/mol. The van der Waals surface area contributed by atoms with Gasteiger partial charge in [0, 0.05) is 26.2 Å². The molecule has 1 radical (unpaired) electrons. The number of aliphatic hydroxyl groups is 1. The Morgan fingerprint density at radius 2 is 1.66 bits per heavy atom. The zero-order valence-electron chi connectivity index (χ0n) is 18.1. The number of aryl methyl sites for hydroxylation is 4. The van der Waals surface area contributed by atoms with E-state index >= 15 is 0 Å². The molecule has 29 heavy (non-hydrogen) atoms. The molecule has 3 aromatic rings. The van der Waals surface area contributed by atoms with Gasteiger partial charge in [0.05, 0.1) is 11.3 Å². The number of pyridine rings is 1. The second kappa shape index (κ2) is 10.5. The summed E-state index contributed by atoms with van der Waals surface area (Å²) in [5.41, 5.74) is 9.44. The van der Waals surface area contributed by atoms with E-state index in [0.717, 1.165) is 16.8 Å². The Bertz CT molecular complexity index is 1060. The number of benzene rings is 2. The molecule has 2 aromatic carbocycles. The molecule has 155 valence electrons. The number of fused-ring (bicyclic) bond motifs is 1. The summed E-state index contributed by atoms with van der Waals surface area (Å²) in [4.78, 5) is 14.9. The average Bonchev–Trinajstić information content (AvgIpc) is 2.57. The first-order valence-corrected chi connectivity index (χ1v) is 9.35. The van der Waals surface area contributed by atoms with Crippen molar-refractivity contribution in [3.05, 3.63) is 76.1 Å². The van der Waals surface area contributed by atoms with Gasteiger partial charge in [0.1, 0.15) is 0 Å². The molecule has 0 fully saturated rings. The first-order valence-electron chi connectivity index (χ1n) is 9.35. The molecule has 0 aliphatic rings.